The Morgan fingerprint density at radius 1 is 0.880 bits per heavy atom. The third-order valence-electron chi connectivity index (χ3n) is 4.96. The zero-order valence-electron chi connectivity index (χ0n) is 15.0. The van der Waals surface area contributed by atoms with Crippen molar-refractivity contribution in [3.05, 3.63) is 59.8 Å². The molecule has 0 aliphatic carbocycles. The quantitative estimate of drug-likeness (QED) is 0.678. The molecule has 0 unspecified atom stereocenters. The second-order valence-corrected chi connectivity index (χ2v) is 7.05. The van der Waals surface area contributed by atoms with E-state index in [4.69, 9.17) is 0 Å². The Morgan fingerprint density at radius 3 is 2.40 bits per heavy atom. The SMILES string of the molecule is Cc1ccc2nc(C)cc(Nc3ccc(N4CCCCC4)cc3)c2c1. The number of hydrogen-bond donors (Lipinski definition) is 1. The Kier molecular flexibility index (Phi) is 4.31. The highest BCUT2D eigenvalue weighted by molar-refractivity contribution is 5.93. The lowest BCUT2D eigenvalue weighted by atomic mass is 10.1. The van der Waals surface area contributed by atoms with Crippen LogP contribution >= 0.6 is 0 Å². The smallest absolute Gasteiger partial charge is 0.0726 e. The lowest BCUT2D eigenvalue weighted by molar-refractivity contribution is 0.578. The normalized spacial score (nSPS) is 14.7. The van der Waals surface area contributed by atoms with Crippen LogP contribution in [-0.4, -0.2) is 18.1 Å². The molecule has 3 aromatic rings. The first kappa shape index (κ1) is 15.9. The van der Waals surface area contributed by atoms with Gasteiger partial charge in [0.2, 0.25) is 0 Å². The number of fused-ring (bicyclic) bond motifs is 1. The van der Waals surface area contributed by atoms with Crippen LogP contribution in [0.3, 0.4) is 0 Å². The summed E-state index contributed by atoms with van der Waals surface area (Å²) in [5.74, 6) is 0. The van der Waals surface area contributed by atoms with Gasteiger partial charge in [0, 0.05) is 41.2 Å². The van der Waals surface area contributed by atoms with Crippen molar-refractivity contribution in [3.63, 3.8) is 0 Å². The molecule has 25 heavy (non-hydrogen) atoms. The van der Waals surface area contributed by atoms with E-state index in [1.807, 2.05) is 6.92 Å². The van der Waals surface area contributed by atoms with Crippen molar-refractivity contribution in [1.29, 1.82) is 0 Å². The molecule has 0 atom stereocenters. The minimum atomic E-state index is 1.03. The molecule has 1 aromatic heterocycles. The number of nitrogens with one attached hydrogen (secondary N) is 1. The van der Waals surface area contributed by atoms with Gasteiger partial charge < -0.3 is 10.2 Å². The van der Waals surface area contributed by atoms with Crippen molar-refractivity contribution in [3.8, 4) is 0 Å². The number of anilines is 3. The summed E-state index contributed by atoms with van der Waals surface area (Å²) in [6.07, 6.45) is 3.98. The number of aryl methyl sites for hydroxylation is 2. The Balaban J connectivity index is 1.61. The Bertz CT molecular complexity index is 878. The van der Waals surface area contributed by atoms with Gasteiger partial charge in [-0.3, -0.25) is 4.98 Å². The molecule has 2 aromatic carbocycles. The van der Waals surface area contributed by atoms with Crippen molar-refractivity contribution in [2.24, 2.45) is 0 Å². The number of aromatic nitrogens is 1. The number of hydrogen-bond acceptors (Lipinski definition) is 3. The Morgan fingerprint density at radius 2 is 1.64 bits per heavy atom. The summed E-state index contributed by atoms with van der Waals surface area (Å²) in [5.41, 5.74) is 6.89. The first-order valence-corrected chi connectivity index (χ1v) is 9.19. The molecule has 1 N–H and O–H groups in total. The van der Waals surface area contributed by atoms with E-state index in [2.05, 4.69) is 70.7 Å². The number of benzene rings is 2. The zero-order chi connectivity index (χ0) is 17.2. The molecule has 3 heteroatoms. The van der Waals surface area contributed by atoms with Crippen LogP contribution in [0.1, 0.15) is 30.5 Å². The van der Waals surface area contributed by atoms with E-state index in [0.29, 0.717) is 0 Å². The monoisotopic (exact) mass is 331 g/mol. The van der Waals surface area contributed by atoms with Crippen LogP contribution in [0.15, 0.2) is 48.5 Å². The molecule has 1 aliphatic heterocycles. The van der Waals surface area contributed by atoms with Gasteiger partial charge >= 0.3 is 0 Å². The van der Waals surface area contributed by atoms with Gasteiger partial charge in [-0.1, -0.05) is 11.6 Å². The minimum Gasteiger partial charge on any atom is -0.372 e. The van der Waals surface area contributed by atoms with Crippen molar-refractivity contribution in [1.82, 2.24) is 4.98 Å². The summed E-state index contributed by atoms with van der Waals surface area (Å²) >= 11 is 0. The topological polar surface area (TPSA) is 28.2 Å². The van der Waals surface area contributed by atoms with E-state index >= 15 is 0 Å². The third kappa shape index (κ3) is 3.46. The van der Waals surface area contributed by atoms with Gasteiger partial charge in [-0.05, 0) is 75.6 Å². The van der Waals surface area contributed by atoms with E-state index in [0.717, 1.165) is 22.6 Å². The molecule has 3 nitrogen and oxygen atoms in total. The maximum Gasteiger partial charge on any atom is 0.0726 e. The van der Waals surface area contributed by atoms with Crippen molar-refractivity contribution in [2.75, 3.05) is 23.3 Å². The summed E-state index contributed by atoms with van der Waals surface area (Å²) in [6.45, 7) is 6.53. The summed E-state index contributed by atoms with van der Waals surface area (Å²) in [5, 5.41) is 4.76. The lowest BCUT2D eigenvalue weighted by Crippen LogP contribution is -2.29. The maximum absolute atomic E-state index is 4.65. The summed E-state index contributed by atoms with van der Waals surface area (Å²) < 4.78 is 0. The van der Waals surface area contributed by atoms with Crippen molar-refractivity contribution >= 4 is 28.0 Å². The van der Waals surface area contributed by atoms with Gasteiger partial charge in [0.15, 0.2) is 0 Å². The number of pyridine rings is 1. The van der Waals surface area contributed by atoms with Crippen LogP contribution in [-0.2, 0) is 0 Å². The van der Waals surface area contributed by atoms with Gasteiger partial charge in [-0.25, -0.2) is 0 Å². The van der Waals surface area contributed by atoms with Gasteiger partial charge in [0.25, 0.3) is 0 Å². The van der Waals surface area contributed by atoms with Crippen LogP contribution in [0.5, 0.6) is 0 Å². The Hall–Kier alpha value is -2.55. The molecule has 4 rings (SSSR count). The van der Waals surface area contributed by atoms with E-state index in [-0.39, 0.29) is 0 Å². The van der Waals surface area contributed by atoms with E-state index < -0.39 is 0 Å². The number of piperidine rings is 1. The molecule has 1 fully saturated rings. The van der Waals surface area contributed by atoms with Gasteiger partial charge in [0.1, 0.15) is 0 Å². The molecular weight excluding hydrogens is 306 g/mol. The van der Waals surface area contributed by atoms with Crippen LogP contribution in [0.2, 0.25) is 0 Å². The van der Waals surface area contributed by atoms with Gasteiger partial charge in [0.05, 0.1) is 5.52 Å². The highest BCUT2D eigenvalue weighted by Gasteiger charge is 2.11. The summed E-state index contributed by atoms with van der Waals surface area (Å²) in [4.78, 5) is 7.14. The van der Waals surface area contributed by atoms with E-state index in [9.17, 15) is 0 Å². The molecule has 128 valence electrons. The zero-order valence-corrected chi connectivity index (χ0v) is 15.0. The van der Waals surface area contributed by atoms with Crippen LogP contribution in [0.4, 0.5) is 17.1 Å². The molecule has 0 amide bonds. The molecule has 0 radical (unpaired) electrons. The molecule has 2 heterocycles. The first-order chi connectivity index (χ1) is 12.2. The highest BCUT2D eigenvalue weighted by Crippen LogP contribution is 2.29. The van der Waals surface area contributed by atoms with E-state index in [1.165, 1.54) is 49.0 Å². The second kappa shape index (κ2) is 6.75. The van der Waals surface area contributed by atoms with Crippen LogP contribution in [0.25, 0.3) is 10.9 Å². The average molecular weight is 331 g/mol. The van der Waals surface area contributed by atoms with Gasteiger partial charge in [-0.2, -0.15) is 0 Å². The van der Waals surface area contributed by atoms with Gasteiger partial charge in [-0.15, -0.1) is 0 Å². The fourth-order valence-corrected chi connectivity index (χ4v) is 3.64. The second-order valence-electron chi connectivity index (χ2n) is 7.05. The van der Waals surface area contributed by atoms with Crippen LogP contribution in [0, 0.1) is 13.8 Å². The fraction of sp³-hybridized carbons (Fsp3) is 0.318. The number of rotatable bonds is 3. The average Bonchev–Trinajstić information content (AvgIpc) is 2.64. The first-order valence-electron chi connectivity index (χ1n) is 9.19. The minimum absolute atomic E-state index is 1.03. The molecule has 0 spiro atoms. The third-order valence-corrected chi connectivity index (χ3v) is 4.96. The summed E-state index contributed by atoms with van der Waals surface area (Å²) in [7, 11) is 0. The Labute approximate surface area is 149 Å². The lowest BCUT2D eigenvalue weighted by Gasteiger charge is -2.28. The fourth-order valence-electron chi connectivity index (χ4n) is 3.64. The number of nitrogens with zero attached hydrogens (tertiary/aromatic N) is 2. The standard InChI is InChI=1S/C22H25N3/c1-16-6-11-21-20(14-16)22(15-17(2)23-21)24-18-7-9-19(10-8-18)25-12-4-3-5-13-25/h6-11,14-15H,3-5,12-13H2,1-2H3,(H,23,24). The largest absolute Gasteiger partial charge is 0.372 e. The predicted octanol–water partition coefficient (Wildman–Crippen LogP) is 5.59. The predicted molar refractivity (Wildman–Crippen MR) is 107 cm³/mol. The van der Waals surface area contributed by atoms with Crippen molar-refractivity contribution < 1.29 is 0 Å². The van der Waals surface area contributed by atoms with E-state index in [1.54, 1.807) is 0 Å². The molecule has 1 saturated heterocycles. The maximum atomic E-state index is 4.65. The van der Waals surface area contributed by atoms with Crippen molar-refractivity contribution in [2.45, 2.75) is 33.1 Å². The van der Waals surface area contributed by atoms with Crippen LogP contribution < -0.4 is 10.2 Å². The molecular formula is C22H25N3. The molecule has 1 aliphatic rings. The summed E-state index contributed by atoms with van der Waals surface area (Å²) in [6, 6.07) is 17.4. The highest BCUT2D eigenvalue weighted by atomic mass is 15.1. The molecule has 0 bridgehead atoms. The molecule has 0 saturated carbocycles.